The van der Waals surface area contributed by atoms with E-state index in [1.165, 1.54) is 11.8 Å². The molecule has 0 spiro atoms. The van der Waals surface area contributed by atoms with Crippen molar-refractivity contribution < 1.29 is 9.59 Å². The summed E-state index contributed by atoms with van der Waals surface area (Å²) in [5, 5.41) is 3.65. The van der Waals surface area contributed by atoms with Crippen LogP contribution in [0.2, 0.25) is 5.02 Å². The van der Waals surface area contributed by atoms with E-state index in [0.29, 0.717) is 17.1 Å². The number of rotatable bonds is 7. The first-order valence-corrected chi connectivity index (χ1v) is 8.95. The van der Waals surface area contributed by atoms with Gasteiger partial charge in [-0.05, 0) is 37.1 Å². The van der Waals surface area contributed by atoms with Crippen LogP contribution in [0.5, 0.6) is 0 Å². The number of benzene rings is 1. The van der Waals surface area contributed by atoms with Gasteiger partial charge in [0.15, 0.2) is 5.78 Å². The minimum absolute atomic E-state index is 0.00358. The van der Waals surface area contributed by atoms with Crippen molar-refractivity contribution in [3.05, 3.63) is 34.9 Å². The lowest BCUT2D eigenvalue weighted by Gasteiger charge is -2.28. The van der Waals surface area contributed by atoms with E-state index in [1.807, 2.05) is 0 Å². The van der Waals surface area contributed by atoms with Crippen molar-refractivity contribution in [1.29, 1.82) is 0 Å². The first-order chi connectivity index (χ1) is 10.5. The van der Waals surface area contributed by atoms with Gasteiger partial charge in [0.25, 0.3) is 0 Å². The Balaban J connectivity index is 1.74. The van der Waals surface area contributed by atoms with Gasteiger partial charge in [-0.15, -0.1) is 11.8 Å². The molecule has 1 aliphatic rings. The average Bonchev–Trinajstić information content (AvgIpc) is 2.97. The molecule has 0 saturated heterocycles. The Bertz CT molecular complexity index is 527. The van der Waals surface area contributed by atoms with Crippen LogP contribution in [0.1, 0.15) is 36.0 Å². The summed E-state index contributed by atoms with van der Waals surface area (Å²) in [4.78, 5) is 24.0. The largest absolute Gasteiger partial charge is 0.349 e. The van der Waals surface area contributed by atoms with Crippen molar-refractivity contribution in [1.82, 2.24) is 5.32 Å². The van der Waals surface area contributed by atoms with Gasteiger partial charge < -0.3 is 11.1 Å². The second-order valence-corrected chi connectivity index (χ2v) is 7.08. The summed E-state index contributed by atoms with van der Waals surface area (Å²) in [5.74, 6) is 0.524. The molecular formula is C16H21ClN2O2S. The highest BCUT2D eigenvalue weighted by Crippen LogP contribution is 2.28. The predicted molar refractivity (Wildman–Crippen MR) is 91.5 cm³/mol. The molecule has 1 amide bonds. The van der Waals surface area contributed by atoms with Gasteiger partial charge in [0.2, 0.25) is 5.91 Å². The minimum Gasteiger partial charge on any atom is -0.349 e. The van der Waals surface area contributed by atoms with Gasteiger partial charge in [0, 0.05) is 17.1 Å². The van der Waals surface area contributed by atoms with Gasteiger partial charge in [-0.1, -0.05) is 24.4 Å². The number of ketones is 1. The van der Waals surface area contributed by atoms with Crippen molar-refractivity contribution in [3.63, 3.8) is 0 Å². The summed E-state index contributed by atoms with van der Waals surface area (Å²) >= 11 is 7.12. The third kappa shape index (κ3) is 4.73. The van der Waals surface area contributed by atoms with Crippen molar-refractivity contribution in [2.24, 2.45) is 5.73 Å². The molecule has 2 rings (SSSR count). The fraction of sp³-hybridized carbons (Fsp3) is 0.500. The summed E-state index contributed by atoms with van der Waals surface area (Å²) < 4.78 is 0. The van der Waals surface area contributed by atoms with E-state index in [-0.39, 0.29) is 28.7 Å². The SMILES string of the molecule is NCC1(NC(=O)CSCC(=O)c2ccc(Cl)cc2)CCCC1. The third-order valence-corrected chi connectivity index (χ3v) is 5.17. The molecule has 0 radical (unpaired) electrons. The molecule has 0 aliphatic heterocycles. The van der Waals surface area contributed by atoms with Crippen molar-refractivity contribution >= 4 is 35.1 Å². The lowest BCUT2D eigenvalue weighted by atomic mass is 9.98. The zero-order valence-electron chi connectivity index (χ0n) is 12.4. The van der Waals surface area contributed by atoms with E-state index in [1.54, 1.807) is 24.3 Å². The van der Waals surface area contributed by atoms with Crippen LogP contribution in [-0.4, -0.2) is 35.3 Å². The van der Waals surface area contributed by atoms with Crippen LogP contribution >= 0.6 is 23.4 Å². The Morgan fingerprint density at radius 2 is 1.82 bits per heavy atom. The molecule has 1 aliphatic carbocycles. The molecule has 6 heteroatoms. The zero-order chi connectivity index (χ0) is 16.0. The van der Waals surface area contributed by atoms with Gasteiger partial charge in [0.05, 0.1) is 17.0 Å². The Labute approximate surface area is 140 Å². The fourth-order valence-corrected chi connectivity index (χ4v) is 3.56. The van der Waals surface area contributed by atoms with Crippen LogP contribution in [0.3, 0.4) is 0 Å². The fourth-order valence-electron chi connectivity index (χ4n) is 2.72. The van der Waals surface area contributed by atoms with Crippen molar-refractivity contribution in [2.75, 3.05) is 18.1 Å². The van der Waals surface area contributed by atoms with Crippen LogP contribution in [-0.2, 0) is 4.79 Å². The Hall–Kier alpha value is -1.04. The molecule has 1 aromatic rings. The maximum atomic E-state index is 12.0. The molecular weight excluding hydrogens is 320 g/mol. The molecule has 3 N–H and O–H groups in total. The summed E-state index contributed by atoms with van der Waals surface area (Å²) in [7, 11) is 0. The molecule has 1 saturated carbocycles. The standard InChI is InChI=1S/C16H21ClN2O2S/c17-13-5-3-12(4-6-13)14(20)9-22-10-15(21)19-16(11-18)7-1-2-8-16/h3-6H,1-2,7-11,18H2,(H,19,21). The molecule has 1 fully saturated rings. The van der Waals surface area contributed by atoms with E-state index in [0.717, 1.165) is 25.7 Å². The number of carbonyl (C=O) groups is 2. The summed E-state index contributed by atoms with van der Waals surface area (Å²) in [6.45, 7) is 0.479. The molecule has 0 bridgehead atoms. The van der Waals surface area contributed by atoms with Crippen molar-refractivity contribution in [2.45, 2.75) is 31.2 Å². The first kappa shape index (κ1) is 17.3. The maximum absolute atomic E-state index is 12.0. The van der Waals surface area contributed by atoms with E-state index < -0.39 is 0 Å². The number of thioether (sulfide) groups is 1. The number of halogens is 1. The smallest absolute Gasteiger partial charge is 0.230 e. The number of amides is 1. The van der Waals surface area contributed by atoms with E-state index in [4.69, 9.17) is 17.3 Å². The van der Waals surface area contributed by atoms with Crippen molar-refractivity contribution in [3.8, 4) is 0 Å². The van der Waals surface area contributed by atoms with Gasteiger partial charge in [-0.25, -0.2) is 0 Å². The van der Waals surface area contributed by atoms with E-state index in [2.05, 4.69) is 5.32 Å². The number of nitrogens with two attached hydrogens (primary N) is 1. The highest BCUT2D eigenvalue weighted by atomic mass is 35.5. The monoisotopic (exact) mass is 340 g/mol. The number of hydrogen-bond donors (Lipinski definition) is 2. The second kappa shape index (κ2) is 7.99. The quantitative estimate of drug-likeness (QED) is 0.748. The summed E-state index contributed by atoms with van der Waals surface area (Å²) in [5.41, 5.74) is 6.19. The Morgan fingerprint density at radius 3 is 2.41 bits per heavy atom. The third-order valence-electron chi connectivity index (χ3n) is 3.99. The van der Waals surface area contributed by atoms with E-state index >= 15 is 0 Å². The summed E-state index contributed by atoms with van der Waals surface area (Å²) in [6.07, 6.45) is 4.12. The van der Waals surface area contributed by atoms with Crippen LogP contribution in [0.25, 0.3) is 0 Å². The maximum Gasteiger partial charge on any atom is 0.230 e. The second-order valence-electron chi connectivity index (χ2n) is 5.66. The van der Waals surface area contributed by atoms with Gasteiger partial charge in [0.1, 0.15) is 0 Å². The summed E-state index contributed by atoms with van der Waals surface area (Å²) in [6, 6.07) is 6.79. The Kier molecular flexibility index (Phi) is 6.29. The molecule has 0 aromatic heterocycles. The van der Waals surface area contributed by atoms with Crippen LogP contribution < -0.4 is 11.1 Å². The minimum atomic E-state index is -0.224. The number of carbonyl (C=O) groups excluding carboxylic acids is 2. The molecule has 4 nitrogen and oxygen atoms in total. The number of hydrogen-bond acceptors (Lipinski definition) is 4. The molecule has 22 heavy (non-hydrogen) atoms. The first-order valence-electron chi connectivity index (χ1n) is 7.42. The van der Waals surface area contributed by atoms with Gasteiger partial charge in [-0.2, -0.15) is 0 Å². The van der Waals surface area contributed by atoms with Crippen LogP contribution in [0.4, 0.5) is 0 Å². The molecule has 0 atom stereocenters. The van der Waals surface area contributed by atoms with Gasteiger partial charge >= 0.3 is 0 Å². The lowest BCUT2D eigenvalue weighted by molar-refractivity contribution is -0.120. The number of Topliss-reactive ketones (excluding diaryl/α,β-unsaturated/α-hetero) is 1. The normalized spacial score (nSPS) is 16.5. The van der Waals surface area contributed by atoms with Gasteiger partial charge in [-0.3, -0.25) is 9.59 Å². The zero-order valence-corrected chi connectivity index (χ0v) is 14.0. The van der Waals surface area contributed by atoms with Crippen LogP contribution in [0, 0.1) is 0 Å². The Morgan fingerprint density at radius 1 is 1.18 bits per heavy atom. The molecule has 120 valence electrons. The van der Waals surface area contributed by atoms with Crippen LogP contribution in [0.15, 0.2) is 24.3 Å². The molecule has 1 aromatic carbocycles. The molecule has 0 heterocycles. The number of nitrogens with one attached hydrogen (secondary N) is 1. The lowest BCUT2D eigenvalue weighted by Crippen LogP contribution is -2.52. The van der Waals surface area contributed by atoms with E-state index in [9.17, 15) is 9.59 Å². The highest BCUT2D eigenvalue weighted by Gasteiger charge is 2.33. The predicted octanol–water partition coefficient (Wildman–Crippen LogP) is 2.64. The molecule has 0 unspecified atom stereocenters. The highest BCUT2D eigenvalue weighted by molar-refractivity contribution is 8.00. The average molecular weight is 341 g/mol. The topological polar surface area (TPSA) is 72.2 Å².